The molecular weight excluding hydrogens is 230 g/mol. The summed E-state index contributed by atoms with van der Waals surface area (Å²) in [6.45, 7) is 10.2. The molecule has 1 unspecified atom stereocenters. The molecule has 0 radical (unpaired) electrons. The Morgan fingerprint density at radius 3 is 2.32 bits per heavy atom. The van der Waals surface area contributed by atoms with Gasteiger partial charge in [0.1, 0.15) is 0 Å². The van der Waals surface area contributed by atoms with E-state index >= 15 is 0 Å². The van der Waals surface area contributed by atoms with Gasteiger partial charge in [0.05, 0.1) is 0 Å². The Kier molecular flexibility index (Phi) is 7.81. The van der Waals surface area contributed by atoms with E-state index in [9.17, 15) is 0 Å². The normalized spacial score (nSPS) is 12.9. The summed E-state index contributed by atoms with van der Waals surface area (Å²) in [4.78, 5) is 0. The third-order valence-corrected chi connectivity index (χ3v) is 4.18. The summed E-state index contributed by atoms with van der Waals surface area (Å²) in [6.07, 6.45) is 6.29. The van der Waals surface area contributed by atoms with Crippen molar-refractivity contribution in [2.45, 2.75) is 65.8 Å². The molecule has 1 aromatic rings. The van der Waals surface area contributed by atoms with Crippen LogP contribution in [0.4, 0.5) is 0 Å². The third kappa shape index (κ3) is 5.78. The van der Waals surface area contributed by atoms with Gasteiger partial charge in [-0.3, -0.25) is 0 Å². The van der Waals surface area contributed by atoms with E-state index in [4.69, 9.17) is 0 Å². The van der Waals surface area contributed by atoms with Gasteiger partial charge in [-0.05, 0) is 49.8 Å². The molecule has 0 aliphatic carbocycles. The summed E-state index contributed by atoms with van der Waals surface area (Å²) >= 11 is 0. The molecule has 0 aromatic heterocycles. The van der Waals surface area contributed by atoms with E-state index in [1.165, 1.54) is 43.2 Å². The van der Waals surface area contributed by atoms with E-state index < -0.39 is 0 Å². The lowest BCUT2D eigenvalue weighted by molar-refractivity contribution is 0.363. The summed E-state index contributed by atoms with van der Waals surface area (Å²) in [7, 11) is 0. The second-order valence-corrected chi connectivity index (χ2v) is 5.70. The van der Waals surface area contributed by atoms with Crippen LogP contribution in [0.15, 0.2) is 24.3 Å². The van der Waals surface area contributed by atoms with E-state index in [0.29, 0.717) is 6.04 Å². The van der Waals surface area contributed by atoms with Crippen molar-refractivity contribution >= 4 is 0 Å². The first-order valence-corrected chi connectivity index (χ1v) is 7.99. The van der Waals surface area contributed by atoms with Crippen LogP contribution in [0.2, 0.25) is 0 Å². The van der Waals surface area contributed by atoms with Crippen LogP contribution < -0.4 is 5.32 Å². The highest BCUT2D eigenvalue weighted by atomic mass is 14.9. The van der Waals surface area contributed by atoms with Gasteiger partial charge in [-0.25, -0.2) is 0 Å². The summed E-state index contributed by atoms with van der Waals surface area (Å²) in [5, 5.41) is 3.74. The topological polar surface area (TPSA) is 12.0 Å². The molecular formula is C18H31N. The zero-order chi connectivity index (χ0) is 14.1. The van der Waals surface area contributed by atoms with Gasteiger partial charge in [0.25, 0.3) is 0 Å². The molecule has 108 valence electrons. The van der Waals surface area contributed by atoms with Crippen molar-refractivity contribution in [1.82, 2.24) is 5.32 Å². The first-order chi connectivity index (χ1) is 9.21. The molecule has 1 atom stereocenters. The minimum absolute atomic E-state index is 0.631. The zero-order valence-corrected chi connectivity index (χ0v) is 13.2. The van der Waals surface area contributed by atoms with E-state index in [2.05, 4.69) is 57.3 Å². The summed E-state index contributed by atoms with van der Waals surface area (Å²) in [5.41, 5.74) is 2.93. The summed E-state index contributed by atoms with van der Waals surface area (Å²) in [5.74, 6) is 0.860. The van der Waals surface area contributed by atoms with Crippen LogP contribution in [0.1, 0.15) is 57.6 Å². The van der Waals surface area contributed by atoms with Gasteiger partial charge in [-0.15, -0.1) is 0 Å². The fraction of sp³-hybridized carbons (Fsp3) is 0.667. The highest BCUT2D eigenvalue weighted by molar-refractivity contribution is 5.26. The minimum Gasteiger partial charge on any atom is -0.314 e. The molecule has 1 rings (SSSR count). The van der Waals surface area contributed by atoms with Crippen molar-refractivity contribution in [3.63, 3.8) is 0 Å². The Labute approximate surface area is 119 Å². The number of rotatable bonds is 9. The fourth-order valence-corrected chi connectivity index (χ4v) is 2.72. The average Bonchev–Trinajstić information content (AvgIpc) is 2.44. The molecule has 0 saturated carbocycles. The van der Waals surface area contributed by atoms with Gasteiger partial charge in [0.2, 0.25) is 0 Å². The predicted molar refractivity (Wildman–Crippen MR) is 85.7 cm³/mol. The number of aryl methyl sites for hydroxylation is 1. The molecule has 0 aliphatic rings. The van der Waals surface area contributed by atoms with E-state index in [-0.39, 0.29) is 0 Å². The van der Waals surface area contributed by atoms with Crippen molar-refractivity contribution in [3.8, 4) is 0 Å². The predicted octanol–water partition coefficient (Wildman–Crippen LogP) is 4.73. The molecule has 0 heterocycles. The van der Waals surface area contributed by atoms with Gasteiger partial charge in [-0.1, -0.05) is 57.9 Å². The van der Waals surface area contributed by atoms with Crippen LogP contribution in [0.5, 0.6) is 0 Å². The first-order valence-electron chi connectivity index (χ1n) is 7.99. The van der Waals surface area contributed by atoms with Crippen molar-refractivity contribution in [2.24, 2.45) is 5.92 Å². The Bertz CT molecular complexity index is 341. The first kappa shape index (κ1) is 16.2. The maximum atomic E-state index is 3.74. The lowest BCUT2D eigenvalue weighted by Crippen LogP contribution is -2.34. The largest absolute Gasteiger partial charge is 0.314 e. The van der Waals surface area contributed by atoms with Gasteiger partial charge in [0, 0.05) is 6.04 Å². The lowest BCUT2D eigenvalue weighted by Gasteiger charge is -2.24. The van der Waals surface area contributed by atoms with E-state index in [0.717, 1.165) is 12.5 Å². The Morgan fingerprint density at radius 2 is 1.74 bits per heavy atom. The molecule has 1 nitrogen and oxygen atoms in total. The number of benzene rings is 1. The number of nitrogens with one attached hydrogen (secondary N) is 1. The van der Waals surface area contributed by atoms with Gasteiger partial charge >= 0.3 is 0 Å². The van der Waals surface area contributed by atoms with Crippen LogP contribution in [-0.4, -0.2) is 12.6 Å². The third-order valence-electron chi connectivity index (χ3n) is 4.18. The zero-order valence-electron chi connectivity index (χ0n) is 13.2. The molecule has 1 heteroatoms. The van der Waals surface area contributed by atoms with Crippen LogP contribution in [0.3, 0.4) is 0 Å². The second kappa shape index (κ2) is 9.14. The van der Waals surface area contributed by atoms with E-state index in [1.807, 2.05) is 0 Å². The molecule has 0 saturated heterocycles. The fourth-order valence-electron chi connectivity index (χ4n) is 2.72. The molecule has 0 amide bonds. The Hall–Kier alpha value is -0.820. The Morgan fingerprint density at radius 1 is 1.05 bits per heavy atom. The highest BCUT2D eigenvalue weighted by Crippen LogP contribution is 2.19. The smallest absolute Gasteiger partial charge is 0.0110 e. The van der Waals surface area contributed by atoms with Gasteiger partial charge in [0.15, 0.2) is 0 Å². The van der Waals surface area contributed by atoms with Crippen LogP contribution in [0, 0.1) is 12.8 Å². The minimum atomic E-state index is 0.631. The molecule has 0 aliphatic heterocycles. The number of hydrogen-bond acceptors (Lipinski definition) is 1. The molecule has 19 heavy (non-hydrogen) atoms. The van der Waals surface area contributed by atoms with Crippen molar-refractivity contribution in [1.29, 1.82) is 0 Å². The molecule has 1 aromatic carbocycles. The monoisotopic (exact) mass is 261 g/mol. The van der Waals surface area contributed by atoms with Crippen molar-refractivity contribution in [2.75, 3.05) is 6.54 Å². The van der Waals surface area contributed by atoms with Crippen LogP contribution in [0.25, 0.3) is 0 Å². The maximum absolute atomic E-state index is 3.74. The maximum Gasteiger partial charge on any atom is 0.0110 e. The highest BCUT2D eigenvalue weighted by Gasteiger charge is 2.14. The lowest BCUT2D eigenvalue weighted by atomic mass is 9.90. The second-order valence-electron chi connectivity index (χ2n) is 5.70. The number of hydrogen-bond donors (Lipinski definition) is 1. The molecule has 1 N–H and O–H groups in total. The van der Waals surface area contributed by atoms with E-state index in [1.54, 1.807) is 0 Å². The molecule has 0 spiro atoms. The van der Waals surface area contributed by atoms with Crippen LogP contribution in [-0.2, 0) is 6.42 Å². The van der Waals surface area contributed by atoms with Crippen molar-refractivity contribution < 1.29 is 0 Å². The van der Waals surface area contributed by atoms with Crippen LogP contribution >= 0.6 is 0 Å². The SMILES string of the molecule is CCCNC(Cc1ccccc1C)CC(CC)CC. The average molecular weight is 261 g/mol. The quantitative estimate of drug-likeness (QED) is 0.677. The molecule has 0 bridgehead atoms. The Balaban J connectivity index is 2.65. The summed E-state index contributed by atoms with van der Waals surface area (Å²) in [6, 6.07) is 9.43. The van der Waals surface area contributed by atoms with Gasteiger partial charge < -0.3 is 5.32 Å². The van der Waals surface area contributed by atoms with Gasteiger partial charge in [-0.2, -0.15) is 0 Å². The summed E-state index contributed by atoms with van der Waals surface area (Å²) < 4.78 is 0. The van der Waals surface area contributed by atoms with Crippen molar-refractivity contribution in [3.05, 3.63) is 35.4 Å². The molecule has 0 fully saturated rings. The standard InChI is InChI=1S/C18H31N/c1-5-12-19-18(13-16(6-2)7-3)14-17-11-9-8-10-15(17)4/h8-11,16,18-19H,5-7,12-14H2,1-4H3.